The SMILES string of the molecule is C=CCCNC(=O)C(C)(C)CC. The normalized spacial score (nSPS) is 10.9. The molecule has 0 heterocycles. The van der Waals surface area contributed by atoms with E-state index in [9.17, 15) is 4.79 Å². The van der Waals surface area contributed by atoms with Crippen LogP contribution in [0.3, 0.4) is 0 Å². The lowest BCUT2D eigenvalue weighted by Gasteiger charge is -2.21. The quantitative estimate of drug-likeness (QED) is 0.495. The van der Waals surface area contributed by atoms with E-state index in [0.29, 0.717) is 6.54 Å². The Hall–Kier alpha value is -0.790. The van der Waals surface area contributed by atoms with Crippen molar-refractivity contribution in [2.75, 3.05) is 6.54 Å². The van der Waals surface area contributed by atoms with Crippen LogP contribution in [0.2, 0.25) is 0 Å². The zero-order chi connectivity index (χ0) is 9.61. The van der Waals surface area contributed by atoms with E-state index < -0.39 is 0 Å². The third-order valence-corrected chi connectivity index (χ3v) is 2.13. The Morgan fingerprint density at radius 3 is 2.58 bits per heavy atom. The van der Waals surface area contributed by atoms with Gasteiger partial charge in [-0.3, -0.25) is 4.79 Å². The van der Waals surface area contributed by atoms with E-state index in [1.807, 2.05) is 20.8 Å². The minimum Gasteiger partial charge on any atom is -0.355 e. The lowest BCUT2D eigenvalue weighted by atomic mass is 9.89. The van der Waals surface area contributed by atoms with Gasteiger partial charge in [0.1, 0.15) is 0 Å². The van der Waals surface area contributed by atoms with Crippen LogP contribution in [0.4, 0.5) is 0 Å². The molecule has 2 nitrogen and oxygen atoms in total. The predicted molar refractivity (Wildman–Crippen MR) is 51.9 cm³/mol. The molecule has 0 bridgehead atoms. The molecule has 0 rings (SSSR count). The molecular formula is C10H19NO. The first-order valence-electron chi connectivity index (χ1n) is 4.43. The summed E-state index contributed by atoms with van der Waals surface area (Å²) in [5.74, 6) is 0.131. The van der Waals surface area contributed by atoms with E-state index >= 15 is 0 Å². The van der Waals surface area contributed by atoms with Gasteiger partial charge in [-0.2, -0.15) is 0 Å². The molecule has 0 aliphatic heterocycles. The number of nitrogens with one attached hydrogen (secondary N) is 1. The summed E-state index contributed by atoms with van der Waals surface area (Å²) in [4.78, 5) is 11.4. The number of carbonyl (C=O) groups excluding carboxylic acids is 1. The summed E-state index contributed by atoms with van der Waals surface area (Å²) in [5, 5.41) is 2.86. The summed E-state index contributed by atoms with van der Waals surface area (Å²) >= 11 is 0. The van der Waals surface area contributed by atoms with Gasteiger partial charge in [-0.15, -0.1) is 6.58 Å². The second kappa shape index (κ2) is 4.96. The molecule has 0 saturated heterocycles. The minimum atomic E-state index is -0.235. The number of hydrogen-bond acceptors (Lipinski definition) is 1. The molecule has 70 valence electrons. The fraction of sp³-hybridized carbons (Fsp3) is 0.700. The summed E-state index contributed by atoms with van der Waals surface area (Å²) in [6, 6.07) is 0. The molecule has 0 atom stereocenters. The molecule has 0 aliphatic carbocycles. The summed E-state index contributed by atoms with van der Waals surface area (Å²) in [6.07, 6.45) is 3.51. The number of hydrogen-bond donors (Lipinski definition) is 1. The van der Waals surface area contributed by atoms with Gasteiger partial charge in [0.15, 0.2) is 0 Å². The van der Waals surface area contributed by atoms with E-state index in [1.165, 1.54) is 0 Å². The Balaban J connectivity index is 3.79. The predicted octanol–water partition coefficient (Wildman–Crippen LogP) is 2.11. The van der Waals surface area contributed by atoms with Crippen LogP contribution < -0.4 is 5.32 Å². The van der Waals surface area contributed by atoms with Gasteiger partial charge < -0.3 is 5.32 Å². The molecule has 0 saturated carbocycles. The monoisotopic (exact) mass is 169 g/mol. The van der Waals surface area contributed by atoms with Crippen LogP contribution in [-0.4, -0.2) is 12.5 Å². The van der Waals surface area contributed by atoms with E-state index in [0.717, 1.165) is 12.8 Å². The average Bonchev–Trinajstić information content (AvgIpc) is 2.05. The Morgan fingerprint density at radius 1 is 1.58 bits per heavy atom. The second-order valence-electron chi connectivity index (χ2n) is 3.57. The molecule has 1 amide bonds. The Labute approximate surface area is 75.0 Å². The first kappa shape index (κ1) is 11.2. The van der Waals surface area contributed by atoms with Gasteiger partial charge in [-0.25, -0.2) is 0 Å². The number of amides is 1. The second-order valence-corrected chi connectivity index (χ2v) is 3.57. The van der Waals surface area contributed by atoms with Gasteiger partial charge in [0.05, 0.1) is 0 Å². The highest BCUT2D eigenvalue weighted by Gasteiger charge is 2.24. The Morgan fingerprint density at radius 2 is 2.17 bits per heavy atom. The Bertz CT molecular complexity index is 161. The molecule has 0 spiro atoms. The van der Waals surface area contributed by atoms with Crippen LogP contribution >= 0.6 is 0 Å². The van der Waals surface area contributed by atoms with Crippen molar-refractivity contribution in [3.63, 3.8) is 0 Å². The van der Waals surface area contributed by atoms with E-state index in [4.69, 9.17) is 0 Å². The van der Waals surface area contributed by atoms with E-state index in [1.54, 1.807) is 6.08 Å². The molecule has 0 aromatic carbocycles. The summed E-state index contributed by atoms with van der Waals surface area (Å²) in [5.41, 5.74) is -0.235. The van der Waals surface area contributed by atoms with E-state index in [-0.39, 0.29) is 11.3 Å². The molecule has 0 aliphatic rings. The van der Waals surface area contributed by atoms with Crippen molar-refractivity contribution in [2.24, 2.45) is 5.41 Å². The zero-order valence-electron chi connectivity index (χ0n) is 8.31. The minimum absolute atomic E-state index is 0.131. The molecule has 12 heavy (non-hydrogen) atoms. The van der Waals surface area contributed by atoms with Gasteiger partial charge in [-0.05, 0) is 12.8 Å². The standard InChI is InChI=1S/C10H19NO/c1-5-7-8-11-9(12)10(3,4)6-2/h5H,1,6-8H2,2-4H3,(H,11,12). The highest BCUT2D eigenvalue weighted by Crippen LogP contribution is 2.19. The fourth-order valence-electron chi connectivity index (χ4n) is 0.688. The van der Waals surface area contributed by atoms with Gasteiger partial charge in [0, 0.05) is 12.0 Å². The van der Waals surface area contributed by atoms with Crippen LogP contribution in [0.5, 0.6) is 0 Å². The van der Waals surface area contributed by atoms with Crippen molar-refractivity contribution in [1.82, 2.24) is 5.32 Å². The molecule has 0 fully saturated rings. The van der Waals surface area contributed by atoms with Crippen LogP contribution in [0.25, 0.3) is 0 Å². The smallest absolute Gasteiger partial charge is 0.225 e. The van der Waals surface area contributed by atoms with Crippen LogP contribution in [-0.2, 0) is 4.79 Å². The lowest BCUT2D eigenvalue weighted by Crippen LogP contribution is -2.36. The Kier molecular flexibility index (Phi) is 4.64. The highest BCUT2D eigenvalue weighted by atomic mass is 16.2. The first-order valence-corrected chi connectivity index (χ1v) is 4.43. The van der Waals surface area contributed by atoms with Crippen molar-refractivity contribution >= 4 is 5.91 Å². The zero-order valence-corrected chi connectivity index (χ0v) is 8.31. The molecule has 0 aromatic rings. The maximum atomic E-state index is 11.4. The van der Waals surface area contributed by atoms with Gasteiger partial charge in [0.25, 0.3) is 0 Å². The summed E-state index contributed by atoms with van der Waals surface area (Å²) in [6.45, 7) is 10.2. The molecular weight excluding hydrogens is 150 g/mol. The molecule has 0 unspecified atom stereocenters. The van der Waals surface area contributed by atoms with Gasteiger partial charge in [0.2, 0.25) is 5.91 Å². The number of rotatable bonds is 5. The maximum absolute atomic E-state index is 11.4. The molecule has 2 heteroatoms. The highest BCUT2D eigenvalue weighted by molar-refractivity contribution is 5.81. The topological polar surface area (TPSA) is 29.1 Å². The largest absolute Gasteiger partial charge is 0.355 e. The molecule has 1 N–H and O–H groups in total. The van der Waals surface area contributed by atoms with Crippen LogP contribution in [0, 0.1) is 5.41 Å². The summed E-state index contributed by atoms with van der Waals surface area (Å²) in [7, 11) is 0. The van der Waals surface area contributed by atoms with Crippen molar-refractivity contribution in [3.05, 3.63) is 12.7 Å². The third-order valence-electron chi connectivity index (χ3n) is 2.13. The van der Waals surface area contributed by atoms with Crippen LogP contribution in [0.1, 0.15) is 33.6 Å². The van der Waals surface area contributed by atoms with E-state index in [2.05, 4.69) is 11.9 Å². The lowest BCUT2D eigenvalue weighted by molar-refractivity contribution is -0.129. The summed E-state index contributed by atoms with van der Waals surface area (Å²) < 4.78 is 0. The maximum Gasteiger partial charge on any atom is 0.225 e. The number of carbonyl (C=O) groups is 1. The van der Waals surface area contributed by atoms with Crippen molar-refractivity contribution in [2.45, 2.75) is 33.6 Å². The third kappa shape index (κ3) is 3.56. The average molecular weight is 169 g/mol. The fourth-order valence-corrected chi connectivity index (χ4v) is 0.688. The molecule has 0 radical (unpaired) electrons. The molecule has 0 aromatic heterocycles. The van der Waals surface area contributed by atoms with Crippen molar-refractivity contribution in [3.8, 4) is 0 Å². The van der Waals surface area contributed by atoms with Crippen LogP contribution in [0.15, 0.2) is 12.7 Å². The van der Waals surface area contributed by atoms with Crippen molar-refractivity contribution in [1.29, 1.82) is 0 Å². The van der Waals surface area contributed by atoms with Gasteiger partial charge in [-0.1, -0.05) is 26.8 Å². The van der Waals surface area contributed by atoms with Crippen molar-refractivity contribution < 1.29 is 4.79 Å². The van der Waals surface area contributed by atoms with Gasteiger partial charge >= 0.3 is 0 Å². The first-order chi connectivity index (χ1) is 5.54.